The minimum absolute atomic E-state index is 0.283. The lowest BCUT2D eigenvalue weighted by molar-refractivity contribution is -0.134. The number of rotatable bonds is 1. The van der Waals surface area contributed by atoms with Gasteiger partial charge in [0.25, 0.3) is 0 Å². The van der Waals surface area contributed by atoms with Crippen molar-refractivity contribution >= 4 is 5.78 Å². The van der Waals surface area contributed by atoms with Crippen molar-refractivity contribution in [1.29, 1.82) is 0 Å². The maximum absolute atomic E-state index is 12.2. The first-order valence-corrected chi connectivity index (χ1v) is 10.5. The number of carbonyl (C=O) groups is 1. The molecule has 4 aliphatic carbocycles. The molecular weight excluding hydrogens is 296 g/mol. The maximum atomic E-state index is 12.2. The normalized spacial score (nSPS) is 57.0. The van der Waals surface area contributed by atoms with Crippen molar-refractivity contribution in [2.75, 3.05) is 0 Å². The lowest BCUT2D eigenvalue weighted by atomic mass is 9.48. The molecule has 0 aromatic rings. The zero-order chi connectivity index (χ0) is 17.3. The van der Waals surface area contributed by atoms with Gasteiger partial charge in [-0.2, -0.15) is 0 Å². The van der Waals surface area contributed by atoms with Gasteiger partial charge in [0.1, 0.15) is 5.78 Å². The molecule has 2 heteroatoms. The van der Waals surface area contributed by atoms with Crippen LogP contribution in [0.4, 0.5) is 0 Å². The maximum Gasteiger partial charge on any atom is 0.133 e. The van der Waals surface area contributed by atoms with E-state index in [1.807, 2.05) is 6.92 Å². The van der Waals surface area contributed by atoms with Crippen molar-refractivity contribution in [2.45, 2.75) is 84.7 Å². The molecule has 4 aliphatic rings. The standard InChI is InChI=1S/C22H36O2/c1-13-11-18-15(12-22(13,4)24)5-6-17-16(18)9-10-21(3)19(14(2)23)7-8-20(17)21/h13,15-20,24H,5-12H2,1-4H3/t13-,15+,16+,17-,18+,19-,20+,21-,22+/m1/s1. The molecule has 0 unspecified atom stereocenters. The molecule has 4 saturated carbocycles. The van der Waals surface area contributed by atoms with Crippen molar-refractivity contribution in [2.24, 2.45) is 46.8 Å². The van der Waals surface area contributed by atoms with Gasteiger partial charge in [-0.25, -0.2) is 0 Å². The molecule has 0 heterocycles. The van der Waals surface area contributed by atoms with Crippen LogP contribution in [0.25, 0.3) is 0 Å². The molecule has 136 valence electrons. The molecule has 4 rings (SSSR count). The van der Waals surface area contributed by atoms with Crippen LogP contribution in [0.3, 0.4) is 0 Å². The Hall–Kier alpha value is -0.370. The Labute approximate surface area is 147 Å². The van der Waals surface area contributed by atoms with Crippen LogP contribution in [-0.2, 0) is 4.79 Å². The molecule has 0 bridgehead atoms. The fraction of sp³-hybridized carbons (Fsp3) is 0.955. The fourth-order valence-electron chi connectivity index (χ4n) is 7.92. The Kier molecular flexibility index (Phi) is 3.95. The first-order valence-electron chi connectivity index (χ1n) is 10.5. The summed E-state index contributed by atoms with van der Waals surface area (Å²) in [4.78, 5) is 12.2. The summed E-state index contributed by atoms with van der Waals surface area (Å²) >= 11 is 0. The van der Waals surface area contributed by atoms with Crippen LogP contribution >= 0.6 is 0 Å². The predicted octanol–water partition coefficient (Wildman–Crippen LogP) is 4.84. The molecule has 0 spiro atoms. The van der Waals surface area contributed by atoms with Gasteiger partial charge in [0.2, 0.25) is 0 Å². The van der Waals surface area contributed by atoms with E-state index in [1.54, 1.807) is 0 Å². The largest absolute Gasteiger partial charge is 0.390 e. The minimum atomic E-state index is -0.454. The highest BCUT2D eigenvalue weighted by Gasteiger charge is 2.58. The zero-order valence-electron chi connectivity index (χ0n) is 16.1. The molecule has 2 nitrogen and oxygen atoms in total. The average molecular weight is 333 g/mol. The number of ketones is 1. The lowest BCUT2D eigenvalue weighted by Gasteiger charge is -2.58. The Morgan fingerprint density at radius 1 is 1.00 bits per heavy atom. The van der Waals surface area contributed by atoms with Crippen molar-refractivity contribution in [3.63, 3.8) is 0 Å². The van der Waals surface area contributed by atoms with E-state index in [1.165, 1.54) is 38.5 Å². The molecule has 9 atom stereocenters. The van der Waals surface area contributed by atoms with Crippen molar-refractivity contribution in [3.8, 4) is 0 Å². The second-order valence-electron chi connectivity index (χ2n) is 10.4. The molecule has 0 aromatic carbocycles. The molecule has 1 N–H and O–H groups in total. The summed E-state index contributed by atoms with van der Waals surface area (Å²) in [5.74, 6) is 5.27. The monoisotopic (exact) mass is 332 g/mol. The number of Topliss-reactive ketones (excluding diaryl/α,β-unsaturated/α-hetero) is 1. The number of hydrogen-bond acceptors (Lipinski definition) is 2. The highest BCUT2D eigenvalue weighted by atomic mass is 16.3. The second-order valence-corrected chi connectivity index (χ2v) is 10.4. The molecule has 24 heavy (non-hydrogen) atoms. The summed E-state index contributed by atoms with van der Waals surface area (Å²) in [5.41, 5.74) is -0.171. The van der Waals surface area contributed by atoms with Gasteiger partial charge in [-0.15, -0.1) is 0 Å². The highest BCUT2D eigenvalue weighted by Crippen LogP contribution is 2.65. The molecule has 4 fully saturated rings. The fourth-order valence-corrected chi connectivity index (χ4v) is 7.92. The van der Waals surface area contributed by atoms with Gasteiger partial charge in [-0.05, 0) is 106 Å². The van der Waals surface area contributed by atoms with Gasteiger partial charge >= 0.3 is 0 Å². The smallest absolute Gasteiger partial charge is 0.133 e. The van der Waals surface area contributed by atoms with E-state index in [0.29, 0.717) is 17.6 Å². The van der Waals surface area contributed by atoms with Crippen molar-refractivity contribution in [1.82, 2.24) is 0 Å². The van der Waals surface area contributed by atoms with Crippen LogP contribution in [0, 0.1) is 46.8 Å². The topological polar surface area (TPSA) is 37.3 Å². The van der Waals surface area contributed by atoms with Gasteiger partial charge in [-0.3, -0.25) is 4.79 Å². The Balaban J connectivity index is 1.57. The average Bonchev–Trinajstić information content (AvgIpc) is 2.85. The van der Waals surface area contributed by atoms with E-state index < -0.39 is 5.60 Å². The molecule has 0 amide bonds. The Morgan fingerprint density at radius 2 is 1.75 bits per heavy atom. The quantitative estimate of drug-likeness (QED) is 0.746. The van der Waals surface area contributed by atoms with Gasteiger partial charge in [-0.1, -0.05) is 13.8 Å². The number of hydrogen-bond donors (Lipinski definition) is 1. The van der Waals surface area contributed by atoms with Crippen LogP contribution < -0.4 is 0 Å². The van der Waals surface area contributed by atoms with Crippen LogP contribution in [0.2, 0.25) is 0 Å². The van der Waals surface area contributed by atoms with E-state index in [-0.39, 0.29) is 5.41 Å². The van der Waals surface area contributed by atoms with Crippen LogP contribution in [0.1, 0.15) is 79.1 Å². The summed E-state index contributed by atoms with van der Waals surface area (Å²) in [6, 6.07) is 0. The molecule has 0 saturated heterocycles. The van der Waals surface area contributed by atoms with Gasteiger partial charge in [0.15, 0.2) is 0 Å². The summed E-state index contributed by atoms with van der Waals surface area (Å²) < 4.78 is 0. The van der Waals surface area contributed by atoms with E-state index >= 15 is 0 Å². The predicted molar refractivity (Wildman–Crippen MR) is 96.5 cm³/mol. The minimum Gasteiger partial charge on any atom is -0.390 e. The third-order valence-corrected chi connectivity index (χ3v) is 9.37. The summed E-state index contributed by atoms with van der Waals surface area (Å²) in [5, 5.41) is 10.7. The lowest BCUT2D eigenvalue weighted by Crippen LogP contribution is -2.52. The molecular formula is C22H36O2. The first kappa shape index (κ1) is 17.1. The number of fused-ring (bicyclic) bond motifs is 5. The van der Waals surface area contributed by atoms with Crippen molar-refractivity contribution < 1.29 is 9.90 Å². The Morgan fingerprint density at radius 3 is 2.46 bits per heavy atom. The number of carbonyl (C=O) groups excluding carboxylic acids is 1. The van der Waals surface area contributed by atoms with Gasteiger partial charge < -0.3 is 5.11 Å². The van der Waals surface area contributed by atoms with E-state index in [2.05, 4.69) is 20.8 Å². The zero-order valence-corrected chi connectivity index (χ0v) is 16.1. The van der Waals surface area contributed by atoms with Crippen LogP contribution in [0.5, 0.6) is 0 Å². The third kappa shape index (κ3) is 2.35. The highest BCUT2D eigenvalue weighted by molar-refractivity contribution is 5.79. The van der Waals surface area contributed by atoms with E-state index in [0.717, 1.165) is 42.4 Å². The Bertz CT molecular complexity index is 524. The summed E-state index contributed by atoms with van der Waals surface area (Å²) in [6.07, 6.45) is 9.91. The van der Waals surface area contributed by atoms with Crippen LogP contribution in [-0.4, -0.2) is 16.5 Å². The third-order valence-electron chi connectivity index (χ3n) is 9.37. The van der Waals surface area contributed by atoms with Crippen molar-refractivity contribution in [3.05, 3.63) is 0 Å². The molecule has 0 aliphatic heterocycles. The summed E-state index contributed by atoms with van der Waals surface area (Å²) in [7, 11) is 0. The SMILES string of the molecule is CC(=O)[C@H]1CC[C@H]2[C@@H]3CC[C@H]4C[C@](C)(O)[C@H](C)C[C@@H]4[C@H]3CC[C@]12C. The van der Waals surface area contributed by atoms with Crippen LogP contribution in [0.15, 0.2) is 0 Å². The second kappa shape index (κ2) is 5.56. The molecule has 0 radical (unpaired) electrons. The summed E-state index contributed by atoms with van der Waals surface area (Å²) in [6.45, 7) is 8.58. The number of aliphatic hydroxyl groups is 1. The van der Waals surface area contributed by atoms with E-state index in [4.69, 9.17) is 0 Å². The van der Waals surface area contributed by atoms with Gasteiger partial charge in [0, 0.05) is 5.92 Å². The first-order chi connectivity index (χ1) is 11.2. The van der Waals surface area contributed by atoms with E-state index in [9.17, 15) is 9.90 Å². The van der Waals surface area contributed by atoms with Gasteiger partial charge in [0.05, 0.1) is 5.60 Å². The molecule has 0 aromatic heterocycles.